The summed E-state index contributed by atoms with van der Waals surface area (Å²) in [5.74, 6) is 0.670. The van der Waals surface area contributed by atoms with E-state index in [1.807, 2.05) is 0 Å². The summed E-state index contributed by atoms with van der Waals surface area (Å²) in [6.07, 6.45) is 4.13. The van der Waals surface area contributed by atoms with Crippen LogP contribution in [-0.4, -0.2) is 31.6 Å². The average Bonchev–Trinajstić information content (AvgIpc) is 2.20. The van der Waals surface area contributed by atoms with Gasteiger partial charge in [0.1, 0.15) is 5.78 Å². The monoisotopic (exact) mass is 183 g/mol. The zero-order valence-corrected chi connectivity index (χ0v) is 7.92. The number of carbonyl (C=O) groups excluding carboxylic acids is 1. The molecule has 0 aromatic heterocycles. The molecule has 2 fully saturated rings. The fourth-order valence-electron chi connectivity index (χ4n) is 2.28. The Bertz CT molecular complexity index is 187. The first-order chi connectivity index (χ1) is 6.38. The van der Waals surface area contributed by atoms with Crippen LogP contribution in [0.4, 0.5) is 0 Å². The van der Waals surface area contributed by atoms with Gasteiger partial charge in [0.25, 0.3) is 0 Å². The number of carbonyl (C=O) groups is 1. The van der Waals surface area contributed by atoms with Gasteiger partial charge in [-0.2, -0.15) is 0 Å². The summed E-state index contributed by atoms with van der Waals surface area (Å²) in [5, 5.41) is 3.37. The van der Waals surface area contributed by atoms with E-state index in [2.05, 4.69) is 5.32 Å². The maximum absolute atomic E-state index is 11.6. The Morgan fingerprint density at radius 2 is 2.31 bits per heavy atom. The highest BCUT2D eigenvalue weighted by molar-refractivity contribution is 5.82. The lowest BCUT2D eigenvalue weighted by Crippen LogP contribution is -2.49. The second-order valence-corrected chi connectivity index (χ2v) is 3.95. The largest absolute Gasteiger partial charge is 0.378 e. The minimum absolute atomic E-state index is 0.231. The molecule has 1 heterocycles. The van der Waals surface area contributed by atoms with E-state index in [1.54, 1.807) is 0 Å². The molecule has 2 aliphatic rings. The highest BCUT2D eigenvalue weighted by atomic mass is 16.5. The van der Waals surface area contributed by atoms with E-state index in [9.17, 15) is 4.79 Å². The normalized spacial score (nSPS) is 36.2. The molecule has 1 saturated carbocycles. The van der Waals surface area contributed by atoms with Crippen molar-refractivity contribution in [3.8, 4) is 0 Å². The fourth-order valence-corrected chi connectivity index (χ4v) is 2.28. The molecule has 1 N–H and O–H groups in total. The highest BCUT2D eigenvalue weighted by Crippen LogP contribution is 2.24. The Balaban J connectivity index is 1.92. The molecule has 3 heteroatoms. The molecule has 13 heavy (non-hydrogen) atoms. The number of Topliss-reactive ketones (excluding diaryl/α,β-unsaturated/α-hetero) is 1. The maximum Gasteiger partial charge on any atom is 0.137 e. The molecule has 2 rings (SSSR count). The van der Waals surface area contributed by atoms with Crippen LogP contribution in [0.1, 0.15) is 25.7 Å². The summed E-state index contributed by atoms with van der Waals surface area (Å²) >= 11 is 0. The highest BCUT2D eigenvalue weighted by Gasteiger charge is 2.31. The topological polar surface area (TPSA) is 38.3 Å². The Hall–Kier alpha value is -0.410. The van der Waals surface area contributed by atoms with Crippen LogP contribution >= 0.6 is 0 Å². The van der Waals surface area contributed by atoms with Gasteiger partial charge in [-0.05, 0) is 12.8 Å². The molecular weight excluding hydrogens is 166 g/mol. The second kappa shape index (κ2) is 4.20. The number of nitrogens with one attached hydrogen (secondary N) is 1. The maximum atomic E-state index is 11.6. The fraction of sp³-hybridized carbons (Fsp3) is 0.900. The Morgan fingerprint density at radius 3 is 3.00 bits per heavy atom. The molecule has 0 bridgehead atoms. The molecular formula is C10H17NO2. The molecule has 0 radical (unpaired) electrons. The van der Waals surface area contributed by atoms with Crippen LogP contribution in [0.3, 0.4) is 0 Å². The van der Waals surface area contributed by atoms with E-state index < -0.39 is 0 Å². The van der Waals surface area contributed by atoms with Gasteiger partial charge in [0.15, 0.2) is 0 Å². The predicted octanol–water partition coefficient (Wildman–Crippen LogP) is 0.734. The lowest BCUT2D eigenvalue weighted by molar-refractivity contribution is -0.126. The van der Waals surface area contributed by atoms with Crippen molar-refractivity contribution in [2.45, 2.75) is 31.7 Å². The first-order valence-corrected chi connectivity index (χ1v) is 5.22. The second-order valence-electron chi connectivity index (χ2n) is 3.95. The third-order valence-corrected chi connectivity index (χ3v) is 3.04. The Kier molecular flexibility index (Phi) is 2.96. The van der Waals surface area contributed by atoms with E-state index in [-0.39, 0.29) is 5.92 Å². The molecule has 3 nitrogen and oxygen atoms in total. The van der Waals surface area contributed by atoms with Gasteiger partial charge >= 0.3 is 0 Å². The van der Waals surface area contributed by atoms with E-state index in [0.29, 0.717) is 11.8 Å². The van der Waals surface area contributed by atoms with Gasteiger partial charge in [-0.15, -0.1) is 0 Å². The molecule has 1 aliphatic carbocycles. The van der Waals surface area contributed by atoms with Crippen molar-refractivity contribution in [3.63, 3.8) is 0 Å². The summed E-state index contributed by atoms with van der Waals surface area (Å²) in [4.78, 5) is 11.6. The summed E-state index contributed by atoms with van der Waals surface area (Å²) in [6, 6.07) is 0.293. The van der Waals surface area contributed by atoms with Crippen molar-refractivity contribution < 1.29 is 9.53 Å². The van der Waals surface area contributed by atoms with Crippen LogP contribution in [-0.2, 0) is 9.53 Å². The van der Waals surface area contributed by atoms with Crippen molar-refractivity contribution >= 4 is 5.78 Å². The molecule has 0 aromatic rings. The van der Waals surface area contributed by atoms with Crippen LogP contribution < -0.4 is 5.32 Å². The van der Waals surface area contributed by atoms with Gasteiger partial charge in [-0.3, -0.25) is 4.79 Å². The van der Waals surface area contributed by atoms with Crippen LogP contribution in [0.25, 0.3) is 0 Å². The predicted molar refractivity (Wildman–Crippen MR) is 49.6 cm³/mol. The first kappa shape index (κ1) is 9.16. The van der Waals surface area contributed by atoms with Crippen molar-refractivity contribution in [1.82, 2.24) is 5.32 Å². The lowest BCUT2D eigenvalue weighted by Gasteiger charge is -2.32. The average molecular weight is 183 g/mol. The summed E-state index contributed by atoms with van der Waals surface area (Å²) < 4.78 is 5.37. The molecule has 0 aromatic carbocycles. The molecule has 1 aliphatic heterocycles. The van der Waals surface area contributed by atoms with Gasteiger partial charge in [0.2, 0.25) is 0 Å². The van der Waals surface area contributed by atoms with Gasteiger partial charge in [-0.1, -0.05) is 6.42 Å². The zero-order chi connectivity index (χ0) is 9.10. The van der Waals surface area contributed by atoms with E-state index in [0.717, 1.165) is 39.0 Å². The Morgan fingerprint density at radius 1 is 1.38 bits per heavy atom. The smallest absolute Gasteiger partial charge is 0.137 e. The summed E-state index contributed by atoms with van der Waals surface area (Å²) in [6.45, 7) is 2.41. The van der Waals surface area contributed by atoms with E-state index in [1.165, 1.54) is 6.42 Å². The quantitative estimate of drug-likeness (QED) is 0.651. The van der Waals surface area contributed by atoms with Crippen molar-refractivity contribution in [3.05, 3.63) is 0 Å². The van der Waals surface area contributed by atoms with Crippen molar-refractivity contribution in [2.75, 3.05) is 19.8 Å². The van der Waals surface area contributed by atoms with Crippen molar-refractivity contribution in [2.24, 2.45) is 5.92 Å². The van der Waals surface area contributed by atoms with Crippen molar-refractivity contribution in [1.29, 1.82) is 0 Å². The lowest BCUT2D eigenvalue weighted by atomic mass is 9.83. The zero-order valence-electron chi connectivity index (χ0n) is 7.92. The number of ketones is 1. The summed E-state index contributed by atoms with van der Waals surface area (Å²) in [5.41, 5.74) is 0. The molecule has 1 saturated heterocycles. The van der Waals surface area contributed by atoms with Crippen LogP contribution in [0.2, 0.25) is 0 Å². The van der Waals surface area contributed by atoms with E-state index >= 15 is 0 Å². The van der Waals surface area contributed by atoms with Gasteiger partial charge in [0.05, 0.1) is 13.2 Å². The molecule has 2 atom stereocenters. The first-order valence-electron chi connectivity index (χ1n) is 5.22. The third-order valence-electron chi connectivity index (χ3n) is 3.04. The molecule has 74 valence electrons. The molecule has 0 spiro atoms. The SMILES string of the molecule is O=C1CCCC[C@@H]1[C@H]1COCCN1. The van der Waals surface area contributed by atoms with Crippen LogP contribution in [0, 0.1) is 5.92 Å². The van der Waals surface area contributed by atoms with Crippen LogP contribution in [0.15, 0.2) is 0 Å². The molecule has 0 amide bonds. The molecule has 0 unspecified atom stereocenters. The number of hydrogen-bond acceptors (Lipinski definition) is 3. The number of morpholine rings is 1. The van der Waals surface area contributed by atoms with Crippen LogP contribution in [0.5, 0.6) is 0 Å². The van der Waals surface area contributed by atoms with E-state index in [4.69, 9.17) is 4.74 Å². The minimum Gasteiger partial charge on any atom is -0.378 e. The third kappa shape index (κ3) is 2.09. The van der Waals surface area contributed by atoms with Gasteiger partial charge in [-0.25, -0.2) is 0 Å². The number of hydrogen-bond donors (Lipinski definition) is 1. The van der Waals surface area contributed by atoms with Gasteiger partial charge < -0.3 is 10.1 Å². The Labute approximate surface area is 78.8 Å². The number of ether oxygens (including phenoxy) is 1. The van der Waals surface area contributed by atoms with Gasteiger partial charge in [0, 0.05) is 24.9 Å². The standard InChI is InChI=1S/C10H17NO2/c12-10-4-2-1-3-8(10)9-7-13-6-5-11-9/h8-9,11H,1-7H2/t8-,9-/m1/s1. The minimum atomic E-state index is 0.231. The number of rotatable bonds is 1. The summed E-state index contributed by atoms with van der Waals surface area (Å²) in [7, 11) is 0.